The molecule has 2 saturated heterocycles. The monoisotopic (exact) mass is 368 g/mol. The van der Waals surface area contributed by atoms with Crippen LogP contribution in [0.5, 0.6) is 0 Å². The first-order valence-electron chi connectivity index (χ1n) is 9.84. The summed E-state index contributed by atoms with van der Waals surface area (Å²) in [5, 5.41) is 2.88. The molecular weight excluding hydrogens is 336 g/mol. The third-order valence-electron chi connectivity index (χ3n) is 5.74. The number of carbonyl (C=O) groups excluding carboxylic acids is 2. The number of piperazine rings is 1. The smallest absolute Gasteiger partial charge is 0.317 e. The predicted octanol–water partition coefficient (Wildman–Crippen LogP) is 1.47. The second-order valence-corrected chi connectivity index (χ2v) is 8.51. The highest BCUT2D eigenvalue weighted by Gasteiger charge is 2.39. The van der Waals surface area contributed by atoms with Gasteiger partial charge in [0.1, 0.15) is 0 Å². The molecule has 3 aliphatic rings. The Balaban J connectivity index is 1.63. The second kappa shape index (κ2) is 9.12. The Labute approximate surface area is 155 Å². The van der Waals surface area contributed by atoms with Crippen LogP contribution in [0.2, 0.25) is 0 Å². The highest BCUT2D eigenvalue weighted by Crippen LogP contribution is 2.32. The third-order valence-corrected chi connectivity index (χ3v) is 6.69. The van der Waals surface area contributed by atoms with Gasteiger partial charge in [0.25, 0.3) is 0 Å². The van der Waals surface area contributed by atoms with E-state index in [1.165, 1.54) is 25.7 Å². The van der Waals surface area contributed by atoms with Crippen LogP contribution in [-0.2, 0) is 4.79 Å². The van der Waals surface area contributed by atoms with Crippen molar-refractivity contribution in [2.24, 2.45) is 5.92 Å². The number of nitrogens with zero attached hydrogens (tertiary/aromatic N) is 3. The molecule has 0 radical (unpaired) electrons. The molecule has 25 heavy (non-hydrogen) atoms. The Morgan fingerprint density at radius 1 is 1.00 bits per heavy atom. The Morgan fingerprint density at radius 3 is 2.24 bits per heavy atom. The number of urea groups is 1. The minimum absolute atomic E-state index is 0.0268. The standard InChI is InChI=1S/C18H32N4O2S/c1-2-19-18(24)22-9-7-20(8-10-22)16(15-5-3-4-6-15)17(23)21-11-13-25-14-12-21/h15-16H,2-14H2,1H3,(H,19,24). The van der Waals surface area contributed by atoms with Crippen LogP contribution >= 0.6 is 11.8 Å². The first kappa shape index (κ1) is 18.8. The van der Waals surface area contributed by atoms with Crippen LogP contribution in [-0.4, -0.2) is 90.0 Å². The summed E-state index contributed by atoms with van der Waals surface area (Å²) in [6, 6.07) is 0.0564. The van der Waals surface area contributed by atoms with E-state index >= 15 is 0 Å². The number of nitrogens with one attached hydrogen (secondary N) is 1. The SMILES string of the molecule is CCNC(=O)N1CCN(C(C(=O)N2CCSCC2)C2CCCC2)CC1. The molecule has 3 fully saturated rings. The lowest BCUT2D eigenvalue weighted by Crippen LogP contribution is -2.60. The van der Waals surface area contributed by atoms with Crippen LogP contribution in [0.4, 0.5) is 4.79 Å². The molecule has 0 bridgehead atoms. The van der Waals surface area contributed by atoms with Gasteiger partial charge in [-0.3, -0.25) is 9.69 Å². The van der Waals surface area contributed by atoms with Gasteiger partial charge in [-0.2, -0.15) is 11.8 Å². The molecule has 1 saturated carbocycles. The topological polar surface area (TPSA) is 55.9 Å². The molecule has 6 nitrogen and oxygen atoms in total. The maximum atomic E-state index is 13.3. The van der Waals surface area contributed by atoms with Crippen LogP contribution in [0.3, 0.4) is 0 Å². The Bertz CT molecular complexity index is 456. The normalized spacial score (nSPS) is 24.4. The fourth-order valence-corrected chi connectivity index (χ4v) is 5.27. The minimum Gasteiger partial charge on any atom is -0.340 e. The Hall–Kier alpha value is -0.950. The summed E-state index contributed by atoms with van der Waals surface area (Å²) < 4.78 is 0. The van der Waals surface area contributed by atoms with E-state index in [9.17, 15) is 9.59 Å². The number of carbonyl (C=O) groups is 2. The van der Waals surface area contributed by atoms with E-state index in [1.807, 2.05) is 23.6 Å². The molecule has 0 aromatic rings. The molecule has 0 aromatic carbocycles. The van der Waals surface area contributed by atoms with Crippen LogP contribution < -0.4 is 5.32 Å². The lowest BCUT2D eigenvalue weighted by molar-refractivity contribution is -0.139. The summed E-state index contributed by atoms with van der Waals surface area (Å²) in [5.41, 5.74) is 0. The molecular formula is C18H32N4O2S. The molecule has 2 heterocycles. The minimum atomic E-state index is 0.0268. The van der Waals surface area contributed by atoms with E-state index in [4.69, 9.17) is 0 Å². The molecule has 7 heteroatoms. The number of rotatable bonds is 4. The fraction of sp³-hybridized carbons (Fsp3) is 0.889. The van der Waals surface area contributed by atoms with Gasteiger partial charge >= 0.3 is 6.03 Å². The molecule has 0 spiro atoms. The van der Waals surface area contributed by atoms with E-state index in [1.54, 1.807) is 0 Å². The first-order valence-corrected chi connectivity index (χ1v) is 11.0. The average molecular weight is 369 g/mol. The van der Waals surface area contributed by atoms with Gasteiger partial charge in [-0.25, -0.2) is 4.79 Å². The summed E-state index contributed by atoms with van der Waals surface area (Å²) in [6.45, 7) is 7.46. The van der Waals surface area contributed by atoms with Crippen molar-refractivity contribution in [3.63, 3.8) is 0 Å². The highest BCUT2D eigenvalue weighted by molar-refractivity contribution is 7.99. The van der Waals surface area contributed by atoms with Gasteiger partial charge in [0, 0.05) is 57.3 Å². The molecule has 1 N–H and O–H groups in total. The summed E-state index contributed by atoms with van der Waals surface area (Å²) in [6.07, 6.45) is 4.86. The zero-order chi connectivity index (χ0) is 17.6. The third kappa shape index (κ3) is 4.61. The number of hydrogen-bond acceptors (Lipinski definition) is 4. The molecule has 142 valence electrons. The van der Waals surface area contributed by atoms with Crippen LogP contribution in [0.1, 0.15) is 32.6 Å². The average Bonchev–Trinajstić information content (AvgIpc) is 3.17. The van der Waals surface area contributed by atoms with Crippen molar-refractivity contribution in [1.82, 2.24) is 20.0 Å². The van der Waals surface area contributed by atoms with Gasteiger partial charge < -0.3 is 15.1 Å². The summed E-state index contributed by atoms with van der Waals surface area (Å²) in [4.78, 5) is 31.7. The van der Waals surface area contributed by atoms with Crippen molar-refractivity contribution >= 4 is 23.7 Å². The molecule has 2 aliphatic heterocycles. The molecule has 1 unspecified atom stereocenters. The van der Waals surface area contributed by atoms with Crippen molar-refractivity contribution in [3.05, 3.63) is 0 Å². The number of thioether (sulfide) groups is 1. The Morgan fingerprint density at radius 2 is 1.64 bits per heavy atom. The summed E-state index contributed by atoms with van der Waals surface area (Å²) in [5.74, 6) is 2.97. The lowest BCUT2D eigenvalue weighted by atomic mass is 9.94. The van der Waals surface area contributed by atoms with E-state index < -0.39 is 0 Å². The molecule has 3 rings (SSSR count). The first-order chi connectivity index (χ1) is 12.2. The van der Waals surface area contributed by atoms with Crippen LogP contribution in [0.25, 0.3) is 0 Å². The van der Waals surface area contributed by atoms with Crippen molar-refractivity contribution in [2.45, 2.75) is 38.6 Å². The van der Waals surface area contributed by atoms with Crippen molar-refractivity contribution < 1.29 is 9.59 Å². The lowest BCUT2D eigenvalue weighted by Gasteiger charge is -2.42. The van der Waals surface area contributed by atoms with Crippen molar-refractivity contribution in [3.8, 4) is 0 Å². The highest BCUT2D eigenvalue weighted by atomic mass is 32.2. The predicted molar refractivity (Wildman–Crippen MR) is 102 cm³/mol. The van der Waals surface area contributed by atoms with Gasteiger partial charge in [-0.15, -0.1) is 0 Å². The van der Waals surface area contributed by atoms with Crippen LogP contribution in [0, 0.1) is 5.92 Å². The molecule has 0 aromatic heterocycles. The van der Waals surface area contributed by atoms with Crippen molar-refractivity contribution in [2.75, 3.05) is 57.3 Å². The van der Waals surface area contributed by atoms with E-state index in [0.717, 1.165) is 50.8 Å². The summed E-state index contributed by atoms with van der Waals surface area (Å²) in [7, 11) is 0. The summed E-state index contributed by atoms with van der Waals surface area (Å²) >= 11 is 1.95. The van der Waals surface area contributed by atoms with Gasteiger partial charge in [-0.05, 0) is 25.7 Å². The Kier molecular flexibility index (Phi) is 6.87. The maximum absolute atomic E-state index is 13.3. The van der Waals surface area contributed by atoms with E-state index in [0.29, 0.717) is 18.4 Å². The van der Waals surface area contributed by atoms with Gasteiger partial charge in [0.2, 0.25) is 5.91 Å². The fourth-order valence-electron chi connectivity index (χ4n) is 4.37. The quantitative estimate of drug-likeness (QED) is 0.816. The molecule has 3 amide bonds. The van der Waals surface area contributed by atoms with Gasteiger partial charge in [0.15, 0.2) is 0 Å². The van der Waals surface area contributed by atoms with E-state index in [2.05, 4.69) is 15.1 Å². The second-order valence-electron chi connectivity index (χ2n) is 7.29. The van der Waals surface area contributed by atoms with Gasteiger partial charge in [-0.1, -0.05) is 12.8 Å². The largest absolute Gasteiger partial charge is 0.340 e. The zero-order valence-corrected chi connectivity index (χ0v) is 16.2. The maximum Gasteiger partial charge on any atom is 0.317 e. The van der Waals surface area contributed by atoms with E-state index in [-0.39, 0.29) is 12.1 Å². The molecule has 1 aliphatic carbocycles. The number of hydrogen-bond donors (Lipinski definition) is 1. The van der Waals surface area contributed by atoms with Crippen molar-refractivity contribution in [1.29, 1.82) is 0 Å². The number of amides is 3. The van der Waals surface area contributed by atoms with Gasteiger partial charge in [0.05, 0.1) is 6.04 Å². The zero-order valence-electron chi connectivity index (χ0n) is 15.4. The van der Waals surface area contributed by atoms with Crippen LogP contribution in [0.15, 0.2) is 0 Å². The molecule has 1 atom stereocenters.